The van der Waals surface area contributed by atoms with Gasteiger partial charge in [-0.2, -0.15) is 0 Å². The topological polar surface area (TPSA) is 99.7 Å². The highest BCUT2D eigenvalue weighted by atomic mass is 16.5. The Morgan fingerprint density at radius 1 is 1.19 bits per heavy atom. The van der Waals surface area contributed by atoms with Crippen LogP contribution in [0.1, 0.15) is 40.5 Å². The minimum atomic E-state index is -0.410. The lowest BCUT2D eigenvalue weighted by Gasteiger charge is -2.13. The van der Waals surface area contributed by atoms with Crippen molar-refractivity contribution in [2.75, 3.05) is 11.9 Å². The van der Waals surface area contributed by atoms with Crippen LogP contribution in [0.2, 0.25) is 0 Å². The molecule has 1 fully saturated rings. The van der Waals surface area contributed by atoms with Gasteiger partial charge in [0, 0.05) is 12.3 Å². The van der Waals surface area contributed by atoms with E-state index in [4.69, 9.17) is 4.74 Å². The normalized spacial score (nSPS) is 16.0. The molecule has 0 bridgehead atoms. The number of aromatic nitrogens is 6. The van der Waals surface area contributed by atoms with Crippen molar-refractivity contribution in [2.45, 2.75) is 46.3 Å². The van der Waals surface area contributed by atoms with Crippen LogP contribution in [0.3, 0.4) is 0 Å². The molecule has 1 amide bonds. The molecule has 5 rings (SSSR count). The fourth-order valence-corrected chi connectivity index (χ4v) is 4.24. The van der Waals surface area contributed by atoms with E-state index in [0.29, 0.717) is 11.6 Å². The maximum atomic E-state index is 13.0. The third-order valence-electron chi connectivity index (χ3n) is 6.02. The van der Waals surface area contributed by atoms with Gasteiger partial charge in [-0.05, 0) is 51.3 Å². The smallest absolute Gasteiger partial charge is 0.296 e. The van der Waals surface area contributed by atoms with Gasteiger partial charge < -0.3 is 14.6 Å². The third-order valence-corrected chi connectivity index (χ3v) is 6.02. The van der Waals surface area contributed by atoms with E-state index < -0.39 is 5.91 Å². The maximum absolute atomic E-state index is 13.0. The van der Waals surface area contributed by atoms with Gasteiger partial charge in [-0.3, -0.25) is 4.79 Å². The molecule has 4 heterocycles. The number of carbonyl (C=O) groups is 1. The summed E-state index contributed by atoms with van der Waals surface area (Å²) in [5, 5.41) is 8.12. The molecule has 1 aliphatic rings. The minimum Gasteiger partial charge on any atom is -0.376 e. The summed E-state index contributed by atoms with van der Waals surface area (Å²) in [5.41, 5.74) is 3.76. The van der Waals surface area contributed by atoms with Gasteiger partial charge in [-0.1, -0.05) is 18.2 Å². The van der Waals surface area contributed by atoms with E-state index in [-0.39, 0.29) is 11.9 Å². The fourth-order valence-electron chi connectivity index (χ4n) is 4.24. The highest BCUT2D eigenvalue weighted by Crippen LogP contribution is 2.30. The van der Waals surface area contributed by atoms with Gasteiger partial charge in [-0.15, -0.1) is 5.10 Å². The van der Waals surface area contributed by atoms with Gasteiger partial charge in [0.05, 0.1) is 23.7 Å². The van der Waals surface area contributed by atoms with Crippen molar-refractivity contribution in [2.24, 2.45) is 0 Å². The van der Waals surface area contributed by atoms with Crippen LogP contribution in [-0.4, -0.2) is 47.9 Å². The molecule has 1 aliphatic heterocycles. The van der Waals surface area contributed by atoms with E-state index in [0.717, 1.165) is 54.0 Å². The van der Waals surface area contributed by atoms with Crippen molar-refractivity contribution in [3.05, 3.63) is 59.6 Å². The number of hydrogen-bond acceptors (Lipinski definition) is 6. The number of benzene rings is 1. The number of para-hydroxylation sites is 1. The van der Waals surface area contributed by atoms with Crippen LogP contribution in [0.15, 0.2) is 36.7 Å². The molecule has 0 radical (unpaired) electrons. The minimum absolute atomic E-state index is 0.0891. The molecular formula is C23H25N7O2. The number of nitrogens with one attached hydrogen (secondary N) is 1. The number of anilines is 1. The third kappa shape index (κ3) is 3.54. The van der Waals surface area contributed by atoms with Crippen LogP contribution in [0.4, 0.5) is 5.82 Å². The Kier molecular flexibility index (Phi) is 5.18. The first-order chi connectivity index (χ1) is 15.5. The number of amides is 1. The molecule has 0 aliphatic carbocycles. The summed E-state index contributed by atoms with van der Waals surface area (Å²) < 4.78 is 9.63. The van der Waals surface area contributed by atoms with Crippen LogP contribution >= 0.6 is 0 Å². The number of rotatable bonds is 5. The molecular weight excluding hydrogens is 406 g/mol. The van der Waals surface area contributed by atoms with Crippen molar-refractivity contribution in [1.29, 1.82) is 0 Å². The van der Waals surface area contributed by atoms with Gasteiger partial charge in [0.25, 0.3) is 5.91 Å². The predicted molar refractivity (Wildman–Crippen MR) is 120 cm³/mol. The van der Waals surface area contributed by atoms with Gasteiger partial charge >= 0.3 is 0 Å². The summed E-state index contributed by atoms with van der Waals surface area (Å²) in [6.45, 7) is 7.45. The van der Waals surface area contributed by atoms with E-state index in [2.05, 4.69) is 36.9 Å². The lowest BCUT2D eigenvalue weighted by molar-refractivity contribution is 0.0974. The average Bonchev–Trinajstić information content (AvgIpc) is 3.51. The number of hydrogen-bond donors (Lipinski definition) is 1. The zero-order chi connectivity index (χ0) is 22.2. The molecule has 1 N–H and O–H groups in total. The van der Waals surface area contributed by atoms with Crippen LogP contribution in [0.5, 0.6) is 0 Å². The number of aryl methyl sites for hydroxylation is 2. The summed E-state index contributed by atoms with van der Waals surface area (Å²) in [7, 11) is 0. The first-order valence-electron chi connectivity index (χ1n) is 10.8. The van der Waals surface area contributed by atoms with Crippen molar-refractivity contribution < 1.29 is 9.53 Å². The Bertz CT molecular complexity index is 1290. The number of fused-ring (bicyclic) bond motifs is 1. The molecule has 3 aromatic heterocycles. The van der Waals surface area contributed by atoms with Crippen LogP contribution in [-0.2, 0) is 11.3 Å². The van der Waals surface area contributed by atoms with Crippen molar-refractivity contribution >= 4 is 22.8 Å². The number of nitrogens with zero attached hydrogens (tertiary/aromatic N) is 6. The molecule has 0 saturated carbocycles. The Morgan fingerprint density at radius 2 is 2.00 bits per heavy atom. The van der Waals surface area contributed by atoms with Gasteiger partial charge in [0.1, 0.15) is 23.6 Å². The summed E-state index contributed by atoms with van der Waals surface area (Å²) in [5.74, 6) is 0.766. The highest BCUT2D eigenvalue weighted by Gasteiger charge is 2.23. The molecule has 4 aromatic rings. The number of ether oxygens (including phenoxy) is 1. The maximum Gasteiger partial charge on any atom is 0.296 e. The molecule has 1 saturated heterocycles. The quantitative estimate of drug-likeness (QED) is 0.520. The SMILES string of the molecule is Cc1c(C)n(CC2CCCO2)c2ncnc(NC(=O)c3nc(C)n(-c4ccccc4)n3)c12. The van der Waals surface area contributed by atoms with Gasteiger partial charge in [0.15, 0.2) is 0 Å². The summed E-state index contributed by atoms with van der Waals surface area (Å²) >= 11 is 0. The Labute approximate surface area is 185 Å². The molecule has 1 aromatic carbocycles. The van der Waals surface area contributed by atoms with E-state index in [9.17, 15) is 4.79 Å². The van der Waals surface area contributed by atoms with Crippen molar-refractivity contribution in [1.82, 2.24) is 29.3 Å². The Morgan fingerprint density at radius 3 is 2.75 bits per heavy atom. The largest absolute Gasteiger partial charge is 0.376 e. The predicted octanol–water partition coefficient (Wildman–Crippen LogP) is 3.37. The van der Waals surface area contributed by atoms with Crippen LogP contribution < -0.4 is 5.32 Å². The molecule has 1 atom stereocenters. The second-order valence-electron chi connectivity index (χ2n) is 8.06. The molecule has 9 nitrogen and oxygen atoms in total. The van der Waals surface area contributed by atoms with Crippen molar-refractivity contribution in [3.63, 3.8) is 0 Å². The summed E-state index contributed by atoms with van der Waals surface area (Å²) in [4.78, 5) is 26.2. The molecule has 164 valence electrons. The first-order valence-corrected chi connectivity index (χ1v) is 10.8. The lowest BCUT2D eigenvalue weighted by Crippen LogP contribution is -2.17. The number of carbonyl (C=O) groups excluding carboxylic acids is 1. The van der Waals surface area contributed by atoms with E-state index in [1.165, 1.54) is 6.33 Å². The first kappa shape index (κ1) is 20.3. The van der Waals surface area contributed by atoms with Crippen molar-refractivity contribution in [3.8, 4) is 5.69 Å². The molecule has 9 heteroatoms. The zero-order valence-corrected chi connectivity index (χ0v) is 18.4. The fraction of sp³-hybridized carbons (Fsp3) is 0.348. The van der Waals surface area contributed by atoms with Crippen LogP contribution in [0.25, 0.3) is 16.7 Å². The second kappa shape index (κ2) is 8.16. The molecule has 32 heavy (non-hydrogen) atoms. The van der Waals surface area contributed by atoms with E-state index >= 15 is 0 Å². The monoisotopic (exact) mass is 431 g/mol. The van der Waals surface area contributed by atoms with Gasteiger partial charge in [-0.25, -0.2) is 19.6 Å². The van der Waals surface area contributed by atoms with E-state index in [1.807, 2.05) is 44.2 Å². The molecule has 1 unspecified atom stereocenters. The summed E-state index contributed by atoms with van der Waals surface area (Å²) in [6.07, 6.45) is 3.79. The highest BCUT2D eigenvalue weighted by molar-refractivity contribution is 6.06. The summed E-state index contributed by atoms with van der Waals surface area (Å²) in [6, 6.07) is 9.60. The van der Waals surface area contributed by atoms with E-state index in [1.54, 1.807) is 4.68 Å². The lowest BCUT2D eigenvalue weighted by atomic mass is 10.2. The standard InChI is InChI=1S/C23H25N7O2/c1-14-15(2)29(12-18-10-7-11-32-18)22-19(14)20(24-13-25-22)27-23(31)21-26-16(3)30(28-21)17-8-5-4-6-9-17/h4-6,8-9,13,18H,7,10-12H2,1-3H3,(H,24,25,27,31). The second-order valence-corrected chi connectivity index (χ2v) is 8.06. The van der Waals surface area contributed by atoms with Gasteiger partial charge in [0.2, 0.25) is 5.82 Å². The average molecular weight is 432 g/mol. The Hall–Kier alpha value is -3.59. The van der Waals surface area contributed by atoms with Crippen LogP contribution in [0, 0.1) is 20.8 Å². The Balaban J connectivity index is 1.46. The molecule has 0 spiro atoms. The zero-order valence-electron chi connectivity index (χ0n) is 18.4.